The van der Waals surface area contributed by atoms with Gasteiger partial charge in [0.05, 0.1) is 16.9 Å². The molecule has 6 rings (SSSR count). The van der Waals surface area contributed by atoms with Crippen LogP contribution >= 0.6 is 0 Å². The lowest BCUT2D eigenvalue weighted by Gasteiger charge is -2.56. The SMILES string of the molecule is C=CC(=O)N1CC2CC(C1)N2CCN(C)c1c(C)cccc1N(C)C(=O)C1CCC(=O)N1c1cc(C(F)(F)F)cc(C)n1. The summed E-state index contributed by atoms with van der Waals surface area (Å²) in [6.45, 7) is 9.84. The number of likely N-dealkylation sites (N-methyl/N-ethyl adjacent to an activating group) is 2. The maximum Gasteiger partial charge on any atom is 0.416 e. The molecule has 3 unspecified atom stereocenters. The predicted molar refractivity (Wildman–Crippen MR) is 158 cm³/mol. The summed E-state index contributed by atoms with van der Waals surface area (Å²) >= 11 is 0. The highest BCUT2D eigenvalue weighted by molar-refractivity contribution is 6.09. The Kier molecular flexibility index (Phi) is 8.26. The molecule has 9 nitrogen and oxygen atoms in total. The number of carbonyl (C=O) groups excluding carboxylic acids is 3. The number of alkyl halides is 3. The number of fused-ring (bicyclic) bond motifs is 2. The molecule has 3 amide bonds. The van der Waals surface area contributed by atoms with Gasteiger partial charge >= 0.3 is 6.18 Å². The van der Waals surface area contributed by atoms with Crippen LogP contribution in [0.2, 0.25) is 0 Å². The molecule has 230 valence electrons. The second-order valence-electron chi connectivity index (χ2n) is 11.7. The zero-order valence-corrected chi connectivity index (χ0v) is 24.9. The normalized spacial score (nSPS) is 21.9. The quantitative estimate of drug-likeness (QED) is 0.431. The van der Waals surface area contributed by atoms with Gasteiger partial charge in [0.2, 0.25) is 17.7 Å². The Bertz CT molecular complexity index is 1430. The van der Waals surface area contributed by atoms with E-state index in [4.69, 9.17) is 0 Å². The Morgan fingerprint density at radius 3 is 2.49 bits per heavy atom. The number of amides is 3. The lowest BCUT2D eigenvalue weighted by Crippen LogP contribution is -2.69. The van der Waals surface area contributed by atoms with E-state index in [9.17, 15) is 27.6 Å². The number of hydrogen-bond acceptors (Lipinski definition) is 6. The van der Waals surface area contributed by atoms with E-state index in [2.05, 4.69) is 21.4 Å². The number of piperazine rings is 1. The summed E-state index contributed by atoms with van der Waals surface area (Å²) in [4.78, 5) is 52.0. The summed E-state index contributed by atoms with van der Waals surface area (Å²) in [6.07, 6.45) is -1.97. The molecule has 4 aliphatic rings. The molecule has 4 aliphatic heterocycles. The van der Waals surface area contributed by atoms with Gasteiger partial charge in [-0.3, -0.25) is 24.2 Å². The molecular formula is C31H37F3N6O3. The van der Waals surface area contributed by atoms with Crippen LogP contribution in [0, 0.1) is 13.8 Å². The van der Waals surface area contributed by atoms with E-state index in [-0.39, 0.29) is 30.3 Å². The lowest BCUT2D eigenvalue weighted by molar-refractivity contribution is -0.138. The summed E-state index contributed by atoms with van der Waals surface area (Å²) in [5, 5.41) is 0. The van der Waals surface area contributed by atoms with Gasteiger partial charge in [-0.1, -0.05) is 18.7 Å². The number of hydrogen-bond donors (Lipinski definition) is 0. The van der Waals surface area contributed by atoms with E-state index >= 15 is 0 Å². The molecule has 0 spiro atoms. The molecule has 12 heteroatoms. The second kappa shape index (κ2) is 11.6. The fraction of sp³-hybridized carbons (Fsp3) is 0.484. The van der Waals surface area contributed by atoms with Crippen molar-refractivity contribution in [1.82, 2.24) is 14.8 Å². The van der Waals surface area contributed by atoms with E-state index in [0.717, 1.165) is 41.2 Å². The van der Waals surface area contributed by atoms with E-state index in [1.54, 1.807) is 7.05 Å². The molecule has 2 aromatic rings. The van der Waals surface area contributed by atoms with Gasteiger partial charge in [0.25, 0.3) is 0 Å². The summed E-state index contributed by atoms with van der Waals surface area (Å²) in [7, 11) is 3.60. The summed E-state index contributed by atoms with van der Waals surface area (Å²) < 4.78 is 40.6. The Hall–Kier alpha value is -3.93. The van der Waals surface area contributed by atoms with Crippen LogP contribution in [0.5, 0.6) is 0 Å². The third-order valence-corrected chi connectivity index (χ3v) is 8.83. The highest BCUT2D eigenvalue weighted by atomic mass is 19.4. The number of benzene rings is 1. The minimum Gasteiger partial charge on any atom is -0.371 e. The number of anilines is 3. The molecule has 3 atom stereocenters. The van der Waals surface area contributed by atoms with Gasteiger partial charge in [-0.2, -0.15) is 13.2 Å². The van der Waals surface area contributed by atoms with Gasteiger partial charge < -0.3 is 14.7 Å². The Balaban J connectivity index is 1.33. The van der Waals surface area contributed by atoms with Crippen molar-refractivity contribution < 1.29 is 27.6 Å². The first-order valence-electron chi connectivity index (χ1n) is 14.4. The molecular weight excluding hydrogens is 561 g/mol. The number of halogens is 3. The van der Waals surface area contributed by atoms with E-state index in [1.807, 2.05) is 37.1 Å². The highest BCUT2D eigenvalue weighted by Crippen LogP contribution is 2.37. The Morgan fingerprint density at radius 1 is 1.14 bits per heavy atom. The van der Waals surface area contributed by atoms with Crippen LogP contribution in [0.3, 0.4) is 0 Å². The number of piperidine rings is 1. The van der Waals surface area contributed by atoms with Crippen molar-refractivity contribution in [2.24, 2.45) is 0 Å². The van der Waals surface area contributed by atoms with Crippen LogP contribution in [-0.2, 0) is 20.6 Å². The third kappa shape index (κ3) is 5.84. The maximum absolute atomic E-state index is 13.9. The molecule has 2 bridgehead atoms. The van der Waals surface area contributed by atoms with Crippen molar-refractivity contribution in [1.29, 1.82) is 0 Å². The molecule has 0 N–H and O–H groups in total. The van der Waals surface area contributed by atoms with E-state index in [0.29, 0.717) is 37.4 Å². The molecule has 4 saturated heterocycles. The maximum atomic E-state index is 13.9. The topological polar surface area (TPSA) is 80.3 Å². The van der Waals surface area contributed by atoms with Gasteiger partial charge in [-0.05, 0) is 56.5 Å². The average molecular weight is 599 g/mol. The second-order valence-corrected chi connectivity index (χ2v) is 11.7. The van der Waals surface area contributed by atoms with E-state index in [1.165, 1.54) is 17.9 Å². The van der Waals surface area contributed by atoms with Crippen molar-refractivity contribution in [3.63, 3.8) is 0 Å². The standard InChI is InChI=1S/C31H37F3N6O3/c1-6-27(41)38-17-22-16-23(18-38)39(22)13-12-36(4)29-19(2)8-7-9-24(29)37(5)30(43)25-10-11-28(42)40(25)26-15-21(31(32,33)34)14-20(3)35-26/h6-9,14-15,22-23,25H,1,10-13,16-18H2,2-5H3. The first-order chi connectivity index (χ1) is 20.3. The lowest BCUT2D eigenvalue weighted by atomic mass is 9.87. The minimum absolute atomic E-state index is 0.0368. The Labute approximate surface area is 249 Å². The zero-order chi connectivity index (χ0) is 31.2. The Morgan fingerprint density at radius 2 is 1.84 bits per heavy atom. The van der Waals surface area contributed by atoms with Crippen LogP contribution in [0.25, 0.3) is 0 Å². The zero-order valence-electron chi connectivity index (χ0n) is 24.9. The van der Waals surface area contributed by atoms with Crippen molar-refractivity contribution in [2.75, 3.05) is 55.0 Å². The largest absolute Gasteiger partial charge is 0.416 e. The van der Waals surface area contributed by atoms with Crippen LogP contribution in [0.4, 0.5) is 30.4 Å². The van der Waals surface area contributed by atoms with Crippen molar-refractivity contribution in [3.05, 3.63) is 59.8 Å². The summed E-state index contributed by atoms with van der Waals surface area (Å²) in [5.41, 5.74) is 1.66. The first-order valence-corrected chi connectivity index (χ1v) is 14.4. The minimum atomic E-state index is -4.61. The van der Waals surface area contributed by atoms with Crippen LogP contribution < -0.4 is 14.7 Å². The fourth-order valence-electron chi connectivity index (χ4n) is 6.63. The fourth-order valence-corrected chi connectivity index (χ4v) is 6.63. The number of aryl methyl sites for hydroxylation is 2. The number of pyridine rings is 1. The molecule has 5 heterocycles. The van der Waals surface area contributed by atoms with Gasteiger partial charge in [0.1, 0.15) is 11.9 Å². The number of nitrogens with zero attached hydrogens (tertiary/aromatic N) is 6. The molecule has 0 radical (unpaired) electrons. The number of para-hydroxylation sites is 1. The van der Waals surface area contributed by atoms with Crippen LogP contribution in [0.1, 0.15) is 36.1 Å². The van der Waals surface area contributed by atoms with Crippen molar-refractivity contribution in [3.8, 4) is 0 Å². The first kappa shape index (κ1) is 30.5. The van der Waals surface area contributed by atoms with Crippen molar-refractivity contribution in [2.45, 2.75) is 57.4 Å². The van der Waals surface area contributed by atoms with Gasteiger partial charge in [0.15, 0.2) is 0 Å². The van der Waals surface area contributed by atoms with Crippen LogP contribution in [-0.4, -0.2) is 90.9 Å². The highest BCUT2D eigenvalue weighted by Gasteiger charge is 2.45. The van der Waals surface area contributed by atoms with Gasteiger partial charge in [-0.15, -0.1) is 0 Å². The number of carbonyl (C=O) groups is 3. The smallest absolute Gasteiger partial charge is 0.371 e. The number of aromatic nitrogens is 1. The predicted octanol–water partition coefficient (Wildman–Crippen LogP) is 3.78. The number of rotatable bonds is 8. The molecule has 0 saturated carbocycles. The summed E-state index contributed by atoms with van der Waals surface area (Å²) in [6, 6.07) is 7.06. The van der Waals surface area contributed by atoms with Gasteiger partial charge in [-0.25, -0.2) is 4.98 Å². The molecule has 43 heavy (non-hydrogen) atoms. The summed E-state index contributed by atoms with van der Waals surface area (Å²) in [5.74, 6) is -1.04. The third-order valence-electron chi connectivity index (χ3n) is 8.83. The molecule has 0 aliphatic carbocycles. The van der Waals surface area contributed by atoms with E-state index < -0.39 is 29.6 Å². The molecule has 1 aromatic carbocycles. The average Bonchev–Trinajstić information content (AvgIpc) is 3.36. The van der Waals surface area contributed by atoms with Crippen molar-refractivity contribution >= 4 is 34.9 Å². The van der Waals surface area contributed by atoms with Crippen LogP contribution in [0.15, 0.2) is 43.0 Å². The molecule has 1 aromatic heterocycles. The van der Waals surface area contributed by atoms with Gasteiger partial charge in [0, 0.05) is 64.5 Å². The molecule has 4 fully saturated rings. The monoisotopic (exact) mass is 598 g/mol.